The van der Waals surface area contributed by atoms with Crippen LogP contribution in [-0.4, -0.2) is 47.1 Å². The average Bonchev–Trinajstić information content (AvgIpc) is 2.61. The molecule has 1 N–H and O–H groups in total. The van der Waals surface area contributed by atoms with Crippen LogP contribution in [0.5, 0.6) is 5.75 Å². The molecular weight excluding hydrogens is 292 g/mol. The molecule has 1 aromatic heterocycles. The zero-order chi connectivity index (χ0) is 16.2. The van der Waals surface area contributed by atoms with Crippen LogP contribution in [-0.2, 0) is 0 Å². The van der Waals surface area contributed by atoms with Gasteiger partial charge in [-0.05, 0) is 30.3 Å². The molecule has 0 bridgehead atoms. The van der Waals surface area contributed by atoms with Crippen molar-refractivity contribution in [2.75, 3.05) is 31.1 Å². The van der Waals surface area contributed by atoms with Crippen LogP contribution in [0.4, 0.5) is 5.82 Å². The van der Waals surface area contributed by atoms with Gasteiger partial charge in [-0.25, -0.2) is 4.98 Å². The maximum atomic E-state index is 12.4. The van der Waals surface area contributed by atoms with E-state index in [4.69, 9.17) is 5.26 Å². The van der Waals surface area contributed by atoms with Gasteiger partial charge >= 0.3 is 0 Å². The number of aromatic nitrogens is 1. The summed E-state index contributed by atoms with van der Waals surface area (Å²) in [5.41, 5.74) is 1.03. The van der Waals surface area contributed by atoms with Gasteiger partial charge in [0.05, 0.1) is 5.56 Å². The van der Waals surface area contributed by atoms with Crippen molar-refractivity contribution in [1.29, 1.82) is 5.26 Å². The van der Waals surface area contributed by atoms with Crippen LogP contribution in [0.15, 0.2) is 42.6 Å². The van der Waals surface area contributed by atoms with Crippen LogP contribution < -0.4 is 4.90 Å². The Hall–Kier alpha value is -3.07. The summed E-state index contributed by atoms with van der Waals surface area (Å²) in [5.74, 6) is 0.832. The molecule has 1 aliphatic rings. The summed E-state index contributed by atoms with van der Waals surface area (Å²) >= 11 is 0. The smallest absolute Gasteiger partial charge is 0.254 e. The molecule has 116 valence electrons. The number of pyridine rings is 1. The van der Waals surface area contributed by atoms with Gasteiger partial charge in [0.15, 0.2) is 0 Å². The fourth-order valence-corrected chi connectivity index (χ4v) is 2.60. The van der Waals surface area contributed by atoms with Crippen molar-refractivity contribution in [3.63, 3.8) is 0 Å². The SMILES string of the molecule is N#Cc1ccc(N2CCN(C(=O)c3cccc(O)c3)CC2)nc1. The van der Waals surface area contributed by atoms with Crippen molar-refractivity contribution in [2.45, 2.75) is 0 Å². The number of rotatable bonds is 2. The maximum Gasteiger partial charge on any atom is 0.254 e. The quantitative estimate of drug-likeness (QED) is 0.912. The molecule has 1 aromatic carbocycles. The first kappa shape index (κ1) is 14.9. The Kier molecular flexibility index (Phi) is 4.11. The summed E-state index contributed by atoms with van der Waals surface area (Å²) in [5, 5.41) is 18.3. The van der Waals surface area contributed by atoms with Crippen LogP contribution >= 0.6 is 0 Å². The summed E-state index contributed by atoms with van der Waals surface area (Å²) in [7, 11) is 0. The molecule has 1 saturated heterocycles. The number of amides is 1. The van der Waals surface area contributed by atoms with Gasteiger partial charge in [-0.15, -0.1) is 0 Å². The molecule has 1 aliphatic heterocycles. The number of nitriles is 1. The van der Waals surface area contributed by atoms with Crippen molar-refractivity contribution in [1.82, 2.24) is 9.88 Å². The Bertz CT molecular complexity index is 744. The van der Waals surface area contributed by atoms with E-state index in [1.165, 1.54) is 6.07 Å². The minimum Gasteiger partial charge on any atom is -0.508 e. The first-order chi connectivity index (χ1) is 11.2. The lowest BCUT2D eigenvalue weighted by molar-refractivity contribution is 0.0746. The Morgan fingerprint density at radius 1 is 1.17 bits per heavy atom. The Morgan fingerprint density at radius 3 is 2.57 bits per heavy atom. The molecule has 0 atom stereocenters. The monoisotopic (exact) mass is 308 g/mol. The van der Waals surface area contributed by atoms with Gasteiger partial charge in [0.2, 0.25) is 0 Å². The number of phenolic OH excluding ortho intramolecular Hbond substituents is 1. The highest BCUT2D eigenvalue weighted by Gasteiger charge is 2.23. The van der Waals surface area contributed by atoms with Crippen LogP contribution in [0, 0.1) is 11.3 Å². The lowest BCUT2D eigenvalue weighted by Crippen LogP contribution is -2.49. The molecular formula is C17H16N4O2. The van der Waals surface area contributed by atoms with E-state index in [0.29, 0.717) is 37.3 Å². The highest BCUT2D eigenvalue weighted by atomic mass is 16.3. The molecule has 23 heavy (non-hydrogen) atoms. The third-order valence-electron chi connectivity index (χ3n) is 3.86. The molecule has 3 rings (SSSR count). The second-order valence-electron chi connectivity index (χ2n) is 5.35. The van der Waals surface area contributed by atoms with E-state index in [9.17, 15) is 9.90 Å². The van der Waals surface area contributed by atoms with Gasteiger partial charge in [-0.3, -0.25) is 4.79 Å². The number of piperazine rings is 1. The van der Waals surface area contributed by atoms with E-state index < -0.39 is 0 Å². The van der Waals surface area contributed by atoms with E-state index in [0.717, 1.165) is 5.82 Å². The predicted molar refractivity (Wildman–Crippen MR) is 85.2 cm³/mol. The number of benzene rings is 1. The molecule has 2 heterocycles. The van der Waals surface area contributed by atoms with Crippen LogP contribution in [0.2, 0.25) is 0 Å². The first-order valence-electron chi connectivity index (χ1n) is 7.37. The maximum absolute atomic E-state index is 12.4. The fraction of sp³-hybridized carbons (Fsp3) is 0.235. The van der Waals surface area contributed by atoms with Gasteiger partial charge in [0, 0.05) is 37.9 Å². The van der Waals surface area contributed by atoms with Crippen LogP contribution in [0.3, 0.4) is 0 Å². The van der Waals surface area contributed by atoms with Crippen LogP contribution in [0.1, 0.15) is 15.9 Å². The van der Waals surface area contributed by atoms with Crippen molar-refractivity contribution in [3.8, 4) is 11.8 Å². The highest BCUT2D eigenvalue weighted by molar-refractivity contribution is 5.94. The number of phenols is 1. The standard InChI is InChI=1S/C17H16N4O2/c18-11-13-4-5-16(19-12-13)20-6-8-21(9-7-20)17(23)14-2-1-3-15(22)10-14/h1-5,10,12,22H,6-9H2. The van der Waals surface area contributed by atoms with Gasteiger partial charge in [-0.2, -0.15) is 5.26 Å². The second-order valence-corrected chi connectivity index (χ2v) is 5.35. The Morgan fingerprint density at radius 2 is 1.96 bits per heavy atom. The van der Waals surface area contributed by atoms with Gasteiger partial charge in [-0.1, -0.05) is 6.07 Å². The minimum absolute atomic E-state index is 0.0756. The number of aromatic hydroxyl groups is 1. The van der Waals surface area contributed by atoms with E-state index in [1.807, 2.05) is 12.1 Å². The lowest BCUT2D eigenvalue weighted by atomic mass is 10.1. The van der Waals surface area contributed by atoms with Gasteiger partial charge < -0.3 is 14.9 Å². The largest absolute Gasteiger partial charge is 0.508 e. The van der Waals surface area contributed by atoms with E-state index in [-0.39, 0.29) is 11.7 Å². The lowest BCUT2D eigenvalue weighted by Gasteiger charge is -2.35. The molecule has 1 fully saturated rings. The fourth-order valence-electron chi connectivity index (χ4n) is 2.60. The first-order valence-corrected chi connectivity index (χ1v) is 7.37. The normalized spacial score (nSPS) is 14.4. The zero-order valence-corrected chi connectivity index (χ0v) is 12.5. The molecule has 0 saturated carbocycles. The molecule has 0 aliphatic carbocycles. The second kappa shape index (κ2) is 6.36. The molecule has 0 radical (unpaired) electrons. The summed E-state index contributed by atoms with van der Waals surface area (Å²) in [4.78, 5) is 20.6. The third kappa shape index (κ3) is 3.24. The summed E-state index contributed by atoms with van der Waals surface area (Å²) in [6.45, 7) is 2.55. The van der Waals surface area contributed by atoms with E-state index in [1.54, 1.807) is 35.4 Å². The number of hydrogen-bond acceptors (Lipinski definition) is 5. The zero-order valence-electron chi connectivity index (χ0n) is 12.5. The molecule has 1 amide bonds. The molecule has 6 heteroatoms. The Labute approximate surface area is 134 Å². The summed E-state index contributed by atoms with van der Waals surface area (Å²) < 4.78 is 0. The van der Waals surface area contributed by atoms with E-state index >= 15 is 0 Å². The van der Waals surface area contributed by atoms with Crippen molar-refractivity contribution in [2.24, 2.45) is 0 Å². The highest BCUT2D eigenvalue weighted by Crippen LogP contribution is 2.17. The number of carbonyl (C=O) groups excluding carboxylic acids is 1. The molecule has 0 spiro atoms. The number of nitrogens with zero attached hydrogens (tertiary/aromatic N) is 4. The number of carbonyl (C=O) groups is 1. The van der Waals surface area contributed by atoms with Crippen molar-refractivity contribution >= 4 is 11.7 Å². The number of hydrogen-bond donors (Lipinski definition) is 1. The minimum atomic E-state index is -0.0756. The van der Waals surface area contributed by atoms with Gasteiger partial charge in [0.25, 0.3) is 5.91 Å². The topological polar surface area (TPSA) is 80.5 Å². The molecule has 2 aromatic rings. The average molecular weight is 308 g/mol. The van der Waals surface area contributed by atoms with Crippen molar-refractivity contribution < 1.29 is 9.90 Å². The third-order valence-corrected chi connectivity index (χ3v) is 3.86. The summed E-state index contributed by atoms with van der Waals surface area (Å²) in [6, 6.07) is 12.0. The molecule has 6 nitrogen and oxygen atoms in total. The van der Waals surface area contributed by atoms with Crippen LogP contribution in [0.25, 0.3) is 0 Å². The summed E-state index contributed by atoms with van der Waals surface area (Å²) in [6.07, 6.45) is 1.56. The van der Waals surface area contributed by atoms with Gasteiger partial charge in [0.1, 0.15) is 17.6 Å². The van der Waals surface area contributed by atoms with Crippen molar-refractivity contribution in [3.05, 3.63) is 53.7 Å². The predicted octanol–water partition coefficient (Wildman–Crippen LogP) is 1.62. The number of anilines is 1. The Balaban J connectivity index is 1.64. The van der Waals surface area contributed by atoms with E-state index in [2.05, 4.69) is 9.88 Å². The molecule has 0 unspecified atom stereocenters.